The lowest BCUT2D eigenvalue weighted by molar-refractivity contribution is -0.119. The molecule has 1 unspecified atom stereocenters. The number of primary sulfonamides is 1. The Labute approximate surface area is 215 Å². The molecule has 3 aromatic carbocycles. The van der Waals surface area contributed by atoms with E-state index in [1.807, 2.05) is 0 Å². The summed E-state index contributed by atoms with van der Waals surface area (Å²) in [6.45, 7) is 0. The first-order valence-electron chi connectivity index (χ1n) is 10.8. The van der Waals surface area contributed by atoms with E-state index >= 15 is 0 Å². The number of carbonyl (C=O) groups is 1. The molecule has 0 aliphatic rings. The number of nitrogens with one attached hydrogen (secondary N) is 1. The van der Waals surface area contributed by atoms with Crippen LogP contribution in [-0.2, 0) is 31.3 Å². The molecule has 0 radical (unpaired) electrons. The van der Waals surface area contributed by atoms with Gasteiger partial charge in [-0.1, -0.05) is 53.7 Å². The molecule has 13 heteroatoms. The van der Waals surface area contributed by atoms with E-state index in [0.29, 0.717) is 27.9 Å². The number of anilines is 1. The van der Waals surface area contributed by atoms with Gasteiger partial charge in [0.25, 0.3) is 0 Å². The number of sulfonamides is 2. The molecule has 1 atom stereocenters. The highest BCUT2D eigenvalue weighted by molar-refractivity contribution is 7.89. The van der Waals surface area contributed by atoms with Gasteiger partial charge in [-0.2, -0.15) is 4.31 Å². The standard InChI is InChI=1S/C24H27N5O6S2/c1-29(36(2,32)33)21(15-16-6-5-7-18(14-16)23(25)28-31)24(30)27-19-12-10-17(11-13-19)20-8-3-4-9-22(20)37(26,34)35/h3-14,21,31H,15H2,1-2H3,(H2,25,28)(H,27,30)(H2,26,34,35). The lowest BCUT2D eigenvalue weighted by Crippen LogP contribution is -2.46. The number of nitrogens with two attached hydrogens (primary N) is 2. The highest BCUT2D eigenvalue weighted by atomic mass is 32.2. The van der Waals surface area contributed by atoms with Gasteiger partial charge in [0.2, 0.25) is 26.0 Å². The minimum absolute atomic E-state index is 0.0156. The number of amides is 1. The van der Waals surface area contributed by atoms with Crippen LogP contribution in [0.1, 0.15) is 11.1 Å². The highest BCUT2D eigenvalue weighted by Gasteiger charge is 2.29. The largest absolute Gasteiger partial charge is 0.409 e. The van der Waals surface area contributed by atoms with Gasteiger partial charge in [0.05, 0.1) is 11.2 Å². The molecule has 3 aromatic rings. The van der Waals surface area contributed by atoms with Crippen LogP contribution in [0.25, 0.3) is 11.1 Å². The summed E-state index contributed by atoms with van der Waals surface area (Å²) in [4.78, 5) is 13.2. The SMILES string of the molecule is CN(C(Cc1cccc(/C(N)=N/O)c1)C(=O)Nc1ccc(-c2ccccc2S(N)(=O)=O)cc1)S(C)(=O)=O. The quantitative estimate of drug-likeness (QED) is 0.136. The second-order valence-electron chi connectivity index (χ2n) is 8.29. The van der Waals surface area contributed by atoms with Crippen LogP contribution in [0.15, 0.2) is 82.8 Å². The van der Waals surface area contributed by atoms with Gasteiger partial charge >= 0.3 is 0 Å². The molecule has 0 saturated heterocycles. The van der Waals surface area contributed by atoms with Gasteiger partial charge in [0.1, 0.15) is 6.04 Å². The van der Waals surface area contributed by atoms with Gasteiger partial charge < -0.3 is 16.3 Å². The van der Waals surface area contributed by atoms with E-state index < -0.39 is 32.0 Å². The van der Waals surface area contributed by atoms with Crippen molar-refractivity contribution in [3.05, 3.63) is 83.9 Å². The molecule has 6 N–H and O–H groups in total. The average molecular weight is 546 g/mol. The molecule has 0 heterocycles. The zero-order valence-corrected chi connectivity index (χ0v) is 21.7. The van der Waals surface area contributed by atoms with E-state index in [1.54, 1.807) is 66.7 Å². The Kier molecular flexibility index (Phi) is 8.33. The Morgan fingerprint density at radius 2 is 1.68 bits per heavy atom. The molecule has 37 heavy (non-hydrogen) atoms. The van der Waals surface area contributed by atoms with E-state index in [9.17, 15) is 21.6 Å². The van der Waals surface area contributed by atoms with Crippen LogP contribution in [0, 0.1) is 0 Å². The molecule has 1 amide bonds. The van der Waals surface area contributed by atoms with E-state index in [0.717, 1.165) is 10.6 Å². The Morgan fingerprint density at radius 3 is 2.27 bits per heavy atom. The number of rotatable bonds is 9. The molecule has 0 saturated carbocycles. The maximum absolute atomic E-state index is 13.2. The summed E-state index contributed by atoms with van der Waals surface area (Å²) >= 11 is 0. The normalized spacial score (nSPS) is 13.4. The molecule has 3 rings (SSSR count). The van der Waals surface area contributed by atoms with Crippen LogP contribution in [0.2, 0.25) is 0 Å². The summed E-state index contributed by atoms with van der Waals surface area (Å²) in [5.74, 6) is -0.705. The number of benzene rings is 3. The van der Waals surface area contributed by atoms with Crippen molar-refractivity contribution in [1.29, 1.82) is 0 Å². The number of nitrogens with zero attached hydrogens (tertiary/aromatic N) is 2. The molecule has 0 aromatic heterocycles. The summed E-state index contributed by atoms with van der Waals surface area (Å²) in [5, 5.41) is 19.9. The number of hydrogen-bond acceptors (Lipinski definition) is 7. The Hall–Kier alpha value is -3.78. The van der Waals surface area contributed by atoms with Crippen molar-refractivity contribution in [2.24, 2.45) is 16.0 Å². The molecular formula is C24H27N5O6S2. The molecule has 0 bridgehead atoms. The monoisotopic (exact) mass is 545 g/mol. The molecule has 0 fully saturated rings. The van der Waals surface area contributed by atoms with Crippen molar-refractivity contribution < 1.29 is 26.8 Å². The third-order valence-corrected chi connectivity index (χ3v) is 7.95. The minimum Gasteiger partial charge on any atom is -0.409 e. The summed E-state index contributed by atoms with van der Waals surface area (Å²) < 4.78 is 49.4. The van der Waals surface area contributed by atoms with Gasteiger partial charge in [0, 0.05) is 23.9 Å². The Bertz CT molecular complexity index is 1540. The number of amidine groups is 1. The molecule has 11 nitrogen and oxygen atoms in total. The molecule has 0 spiro atoms. The summed E-state index contributed by atoms with van der Waals surface area (Å²) in [6.07, 6.45) is 1.01. The van der Waals surface area contributed by atoms with Gasteiger partial charge in [-0.05, 0) is 41.8 Å². The van der Waals surface area contributed by atoms with E-state index in [2.05, 4.69) is 10.5 Å². The average Bonchev–Trinajstić information content (AvgIpc) is 2.86. The molecule has 196 valence electrons. The summed E-state index contributed by atoms with van der Waals surface area (Å²) in [6, 6.07) is 18.1. The first-order valence-corrected chi connectivity index (χ1v) is 14.2. The first-order chi connectivity index (χ1) is 17.3. The fraction of sp³-hybridized carbons (Fsp3) is 0.167. The van der Waals surface area contributed by atoms with Crippen molar-refractivity contribution >= 4 is 37.5 Å². The van der Waals surface area contributed by atoms with E-state index in [4.69, 9.17) is 16.1 Å². The number of hydrogen-bond donors (Lipinski definition) is 4. The predicted molar refractivity (Wildman–Crippen MR) is 141 cm³/mol. The highest BCUT2D eigenvalue weighted by Crippen LogP contribution is 2.27. The summed E-state index contributed by atoms with van der Waals surface area (Å²) in [5.41, 5.74) is 7.99. The van der Waals surface area contributed by atoms with Crippen LogP contribution in [0.5, 0.6) is 0 Å². The van der Waals surface area contributed by atoms with Crippen LogP contribution in [0.3, 0.4) is 0 Å². The van der Waals surface area contributed by atoms with Crippen LogP contribution < -0.4 is 16.2 Å². The maximum Gasteiger partial charge on any atom is 0.243 e. The summed E-state index contributed by atoms with van der Waals surface area (Å²) in [7, 11) is -6.38. The third kappa shape index (κ3) is 6.92. The van der Waals surface area contributed by atoms with Crippen molar-refractivity contribution in [3.8, 4) is 11.1 Å². The second kappa shape index (κ2) is 11.1. The van der Waals surface area contributed by atoms with Crippen LogP contribution in [-0.4, -0.2) is 57.4 Å². The number of likely N-dealkylation sites (N-methyl/N-ethyl adjacent to an activating group) is 1. The van der Waals surface area contributed by atoms with Gasteiger partial charge in [-0.25, -0.2) is 22.0 Å². The number of oxime groups is 1. The lowest BCUT2D eigenvalue weighted by Gasteiger charge is -2.25. The van der Waals surface area contributed by atoms with Crippen molar-refractivity contribution in [3.63, 3.8) is 0 Å². The van der Waals surface area contributed by atoms with Gasteiger partial charge in [-0.15, -0.1) is 0 Å². The fourth-order valence-electron chi connectivity index (χ4n) is 3.67. The maximum atomic E-state index is 13.2. The first kappa shape index (κ1) is 27.8. The second-order valence-corrected chi connectivity index (χ2v) is 11.9. The Balaban J connectivity index is 1.88. The van der Waals surface area contributed by atoms with E-state index in [-0.39, 0.29) is 17.2 Å². The zero-order chi connectivity index (χ0) is 27.4. The van der Waals surface area contributed by atoms with Crippen molar-refractivity contribution in [1.82, 2.24) is 4.31 Å². The van der Waals surface area contributed by atoms with Gasteiger partial charge in [0.15, 0.2) is 5.84 Å². The lowest BCUT2D eigenvalue weighted by atomic mass is 10.0. The minimum atomic E-state index is -3.95. The van der Waals surface area contributed by atoms with Crippen LogP contribution in [0.4, 0.5) is 5.69 Å². The third-order valence-electron chi connectivity index (χ3n) is 5.68. The van der Waals surface area contributed by atoms with E-state index in [1.165, 1.54) is 13.1 Å². The molecule has 0 aliphatic heterocycles. The molecule has 0 aliphatic carbocycles. The topological polar surface area (TPSA) is 185 Å². The van der Waals surface area contributed by atoms with Crippen molar-refractivity contribution in [2.45, 2.75) is 17.4 Å². The Morgan fingerprint density at radius 1 is 1.03 bits per heavy atom. The van der Waals surface area contributed by atoms with Crippen molar-refractivity contribution in [2.75, 3.05) is 18.6 Å². The van der Waals surface area contributed by atoms with Crippen LogP contribution >= 0.6 is 0 Å². The zero-order valence-electron chi connectivity index (χ0n) is 20.1. The van der Waals surface area contributed by atoms with Gasteiger partial charge in [-0.3, -0.25) is 4.79 Å². The fourth-order valence-corrected chi connectivity index (χ4v) is 5.06. The molecular weight excluding hydrogens is 518 g/mol. The smallest absolute Gasteiger partial charge is 0.243 e. The number of carbonyl (C=O) groups excluding carboxylic acids is 1. The predicted octanol–water partition coefficient (Wildman–Crippen LogP) is 1.54.